The van der Waals surface area contributed by atoms with Gasteiger partial charge in [-0.15, -0.1) is 0 Å². The van der Waals surface area contributed by atoms with Gasteiger partial charge in [0.05, 0.1) is 0 Å². The van der Waals surface area contributed by atoms with Crippen LogP contribution >= 0.6 is 11.6 Å². The lowest BCUT2D eigenvalue weighted by Gasteiger charge is -2.17. The Kier molecular flexibility index (Phi) is 3.07. The fourth-order valence-corrected chi connectivity index (χ4v) is 2.08. The molecular weight excluding hydrogens is 242 g/mol. The van der Waals surface area contributed by atoms with Gasteiger partial charge in [0.2, 0.25) is 5.91 Å². The van der Waals surface area contributed by atoms with Gasteiger partial charge in [0.15, 0.2) is 0 Å². The van der Waals surface area contributed by atoms with Gasteiger partial charge in [0.1, 0.15) is 5.92 Å². The van der Waals surface area contributed by atoms with Crippen LogP contribution in [0.1, 0.15) is 12.0 Å². The van der Waals surface area contributed by atoms with Gasteiger partial charge in [0.25, 0.3) is 0 Å². The van der Waals surface area contributed by atoms with Crippen molar-refractivity contribution in [2.45, 2.75) is 13.3 Å². The summed E-state index contributed by atoms with van der Waals surface area (Å²) in [5.41, 5.74) is 1.58. The highest BCUT2D eigenvalue weighted by Crippen LogP contribution is 2.28. The third kappa shape index (κ3) is 2.13. The van der Waals surface area contributed by atoms with Crippen molar-refractivity contribution < 1.29 is 14.7 Å². The summed E-state index contributed by atoms with van der Waals surface area (Å²) in [6.45, 7) is 2.29. The quantitative estimate of drug-likeness (QED) is 0.821. The van der Waals surface area contributed by atoms with Crippen molar-refractivity contribution >= 4 is 29.2 Å². The van der Waals surface area contributed by atoms with Crippen molar-refractivity contribution in [2.24, 2.45) is 5.92 Å². The lowest BCUT2D eigenvalue weighted by molar-refractivity contribution is -0.144. The second kappa shape index (κ2) is 4.37. The number of anilines is 1. The van der Waals surface area contributed by atoms with Crippen LogP contribution in [0.25, 0.3) is 0 Å². The van der Waals surface area contributed by atoms with Crippen LogP contribution < -0.4 is 4.90 Å². The minimum absolute atomic E-state index is 0.348. The molecule has 1 N–H and O–H groups in total. The molecule has 1 aliphatic heterocycles. The van der Waals surface area contributed by atoms with Crippen molar-refractivity contribution in [2.75, 3.05) is 11.4 Å². The Morgan fingerprint density at radius 1 is 1.53 bits per heavy atom. The van der Waals surface area contributed by atoms with E-state index in [1.165, 1.54) is 4.90 Å². The van der Waals surface area contributed by atoms with Crippen molar-refractivity contribution in [1.82, 2.24) is 0 Å². The normalized spacial score (nSPS) is 19.8. The topological polar surface area (TPSA) is 57.6 Å². The number of hydrogen-bond acceptors (Lipinski definition) is 2. The molecule has 0 radical (unpaired) electrons. The summed E-state index contributed by atoms with van der Waals surface area (Å²) < 4.78 is 0. The molecule has 17 heavy (non-hydrogen) atoms. The lowest BCUT2D eigenvalue weighted by atomic mass is 10.1. The predicted octanol–water partition coefficient (Wildman–Crippen LogP) is 2.09. The third-order valence-electron chi connectivity index (χ3n) is 2.96. The van der Waals surface area contributed by atoms with Gasteiger partial charge in [-0.1, -0.05) is 11.6 Å². The first-order valence-corrected chi connectivity index (χ1v) is 5.69. The third-order valence-corrected chi connectivity index (χ3v) is 3.38. The van der Waals surface area contributed by atoms with Crippen LogP contribution in [0.5, 0.6) is 0 Å². The molecule has 0 aliphatic carbocycles. The zero-order valence-electron chi connectivity index (χ0n) is 9.31. The van der Waals surface area contributed by atoms with Gasteiger partial charge in [-0.25, -0.2) is 0 Å². The van der Waals surface area contributed by atoms with Crippen molar-refractivity contribution in [3.63, 3.8) is 0 Å². The minimum atomic E-state index is -1.05. The van der Waals surface area contributed by atoms with Gasteiger partial charge < -0.3 is 10.0 Å². The smallest absolute Gasteiger partial charge is 0.316 e. The lowest BCUT2D eigenvalue weighted by Crippen LogP contribution is -2.30. The second-order valence-corrected chi connectivity index (χ2v) is 4.51. The van der Waals surface area contributed by atoms with E-state index in [1.807, 2.05) is 6.92 Å². The number of carbonyl (C=O) groups excluding carboxylic acids is 1. The van der Waals surface area contributed by atoms with Gasteiger partial charge in [-0.2, -0.15) is 0 Å². The summed E-state index contributed by atoms with van der Waals surface area (Å²) in [5, 5.41) is 9.51. The summed E-state index contributed by atoms with van der Waals surface area (Å²) >= 11 is 5.91. The number of aryl methyl sites for hydroxylation is 1. The first-order chi connectivity index (χ1) is 8.00. The van der Waals surface area contributed by atoms with E-state index in [-0.39, 0.29) is 5.91 Å². The van der Waals surface area contributed by atoms with Crippen LogP contribution in [0.2, 0.25) is 5.02 Å². The summed E-state index contributed by atoms with van der Waals surface area (Å²) in [7, 11) is 0. The monoisotopic (exact) mass is 253 g/mol. The zero-order valence-corrected chi connectivity index (χ0v) is 10.1. The summed E-state index contributed by atoms with van der Waals surface area (Å²) in [6, 6.07) is 5.25. The van der Waals surface area contributed by atoms with Crippen molar-refractivity contribution in [1.29, 1.82) is 0 Å². The number of carboxylic acids is 1. The van der Waals surface area contributed by atoms with Gasteiger partial charge in [0, 0.05) is 17.3 Å². The maximum atomic E-state index is 11.9. The summed E-state index contributed by atoms with van der Waals surface area (Å²) in [4.78, 5) is 24.2. The van der Waals surface area contributed by atoms with Crippen LogP contribution in [0.15, 0.2) is 18.2 Å². The van der Waals surface area contributed by atoms with E-state index < -0.39 is 11.9 Å². The largest absolute Gasteiger partial charge is 0.481 e. The number of nitrogens with zero attached hydrogens (tertiary/aromatic N) is 1. The van der Waals surface area contributed by atoms with Crippen LogP contribution in [-0.4, -0.2) is 23.5 Å². The maximum absolute atomic E-state index is 11.9. The summed E-state index contributed by atoms with van der Waals surface area (Å²) in [6.07, 6.45) is 0.357. The average Bonchev–Trinajstić information content (AvgIpc) is 2.64. The molecule has 1 amide bonds. The first-order valence-electron chi connectivity index (χ1n) is 5.31. The van der Waals surface area contributed by atoms with Crippen LogP contribution in [0.4, 0.5) is 5.69 Å². The highest BCUT2D eigenvalue weighted by atomic mass is 35.5. The highest BCUT2D eigenvalue weighted by molar-refractivity contribution is 6.31. The Morgan fingerprint density at radius 3 is 2.76 bits per heavy atom. The van der Waals surface area contributed by atoms with Gasteiger partial charge in [-0.3, -0.25) is 9.59 Å². The number of benzene rings is 1. The molecule has 1 aromatic rings. The first kappa shape index (κ1) is 11.9. The Labute approximate surface area is 104 Å². The molecule has 4 nitrogen and oxygen atoms in total. The zero-order chi connectivity index (χ0) is 12.6. The Balaban J connectivity index is 2.27. The minimum Gasteiger partial charge on any atom is -0.481 e. The molecule has 0 bridgehead atoms. The number of halogens is 1. The molecule has 1 aliphatic rings. The van der Waals surface area contributed by atoms with E-state index in [9.17, 15) is 9.59 Å². The number of rotatable bonds is 2. The Hall–Kier alpha value is -1.55. The Morgan fingerprint density at radius 2 is 2.24 bits per heavy atom. The van der Waals surface area contributed by atoms with Crippen molar-refractivity contribution in [3.05, 3.63) is 28.8 Å². The van der Waals surface area contributed by atoms with E-state index in [0.29, 0.717) is 23.7 Å². The predicted molar refractivity (Wildman–Crippen MR) is 64.3 cm³/mol. The van der Waals surface area contributed by atoms with Gasteiger partial charge >= 0.3 is 5.97 Å². The van der Waals surface area contributed by atoms with E-state index in [4.69, 9.17) is 16.7 Å². The van der Waals surface area contributed by atoms with E-state index in [1.54, 1.807) is 18.2 Å². The molecule has 1 aromatic carbocycles. The van der Waals surface area contributed by atoms with Crippen LogP contribution in [0.3, 0.4) is 0 Å². The maximum Gasteiger partial charge on any atom is 0.316 e. The molecule has 0 saturated carbocycles. The second-order valence-electron chi connectivity index (χ2n) is 4.10. The molecule has 0 aromatic heterocycles. The molecule has 1 saturated heterocycles. The van der Waals surface area contributed by atoms with Crippen molar-refractivity contribution in [3.8, 4) is 0 Å². The van der Waals surface area contributed by atoms with Crippen LogP contribution in [-0.2, 0) is 9.59 Å². The fraction of sp³-hybridized carbons (Fsp3) is 0.333. The molecule has 0 spiro atoms. The van der Waals surface area contributed by atoms with Gasteiger partial charge in [-0.05, 0) is 37.1 Å². The number of hydrogen-bond donors (Lipinski definition) is 1. The molecule has 90 valence electrons. The fourth-order valence-electron chi connectivity index (χ4n) is 1.96. The standard InChI is InChI=1S/C12H12ClNO3/c1-7-6-8(2-3-10(7)13)14-5-4-9(11(14)15)12(16)17/h2-3,6,9H,4-5H2,1H3,(H,16,17). The molecule has 1 atom stereocenters. The molecular formula is C12H12ClNO3. The number of amides is 1. The van der Waals surface area contributed by atoms with E-state index in [0.717, 1.165) is 5.56 Å². The molecule has 1 heterocycles. The Bertz CT molecular complexity index is 487. The average molecular weight is 254 g/mol. The molecule has 5 heteroatoms. The number of carboxylic acid groups (broad SMARTS) is 1. The molecule has 1 fully saturated rings. The summed E-state index contributed by atoms with van der Waals surface area (Å²) in [5.74, 6) is -2.31. The highest BCUT2D eigenvalue weighted by Gasteiger charge is 2.37. The molecule has 2 rings (SSSR count). The SMILES string of the molecule is Cc1cc(N2CCC(C(=O)O)C2=O)ccc1Cl. The number of carbonyl (C=O) groups is 2. The van der Waals surface area contributed by atoms with Crippen LogP contribution in [0, 0.1) is 12.8 Å². The van der Waals surface area contributed by atoms with E-state index in [2.05, 4.69) is 0 Å². The number of aliphatic carboxylic acids is 1. The molecule has 1 unspecified atom stereocenters. The van der Waals surface area contributed by atoms with E-state index >= 15 is 0 Å².